The summed E-state index contributed by atoms with van der Waals surface area (Å²) in [5.41, 5.74) is -0.302. The molecule has 0 aromatic heterocycles. The Morgan fingerprint density at radius 2 is 1.94 bits per heavy atom. The van der Waals surface area contributed by atoms with Crippen LogP contribution in [0.15, 0.2) is 18.2 Å². The van der Waals surface area contributed by atoms with Crippen molar-refractivity contribution in [3.8, 4) is 5.75 Å². The zero-order chi connectivity index (χ0) is 22.0. The van der Waals surface area contributed by atoms with Crippen LogP contribution in [0.5, 0.6) is 5.75 Å². The molecule has 0 amide bonds. The molecular formula is C23H29FO6S. The van der Waals surface area contributed by atoms with E-state index in [0.29, 0.717) is 17.8 Å². The lowest BCUT2D eigenvalue weighted by Crippen LogP contribution is -2.48. The Morgan fingerprint density at radius 3 is 2.65 bits per heavy atom. The quantitative estimate of drug-likeness (QED) is 0.381. The average molecular weight is 453 g/mol. The summed E-state index contributed by atoms with van der Waals surface area (Å²) in [7, 11) is -4.22. The molecule has 1 aromatic carbocycles. The molecule has 170 valence electrons. The highest BCUT2D eigenvalue weighted by molar-refractivity contribution is 7.85. The second kappa shape index (κ2) is 7.44. The minimum atomic E-state index is -4.22. The van der Waals surface area contributed by atoms with E-state index in [1.807, 2.05) is 0 Å². The fraction of sp³-hybridized carbons (Fsp3) is 0.696. The second-order valence-electron chi connectivity index (χ2n) is 9.88. The SMILES string of the molecule is CCC1(Oc2cc(C(=O)OCCS(=O)(=O)O)ccc2F)CC2CC1C1C3CCC(C3)C21. The molecule has 0 saturated heterocycles. The standard InChI is InChI=1S/C23H29FO6S/c1-2-23(12-16-10-17(23)21-14-4-3-13(9-14)20(16)21)30-19-11-15(5-6-18(19)24)22(25)29-7-8-31(26,27)28/h5-6,11,13-14,16-17,20-21H,2-4,7-10,12H2,1H3,(H,26,27,28). The van der Waals surface area contributed by atoms with E-state index in [2.05, 4.69) is 6.92 Å². The molecule has 1 aromatic rings. The predicted octanol–water partition coefficient (Wildman–Crippen LogP) is 4.10. The van der Waals surface area contributed by atoms with Gasteiger partial charge in [-0.3, -0.25) is 4.55 Å². The molecule has 0 heterocycles. The highest BCUT2D eigenvalue weighted by Gasteiger charge is 2.67. The van der Waals surface area contributed by atoms with E-state index in [0.717, 1.165) is 37.0 Å². The third-order valence-corrected chi connectivity index (χ3v) is 9.23. The van der Waals surface area contributed by atoms with Gasteiger partial charge in [-0.25, -0.2) is 9.18 Å². The fourth-order valence-corrected chi connectivity index (χ4v) is 7.84. The lowest BCUT2D eigenvalue weighted by Gasteiger charge is -2.46. The topological polar surface area (TPSA) is 89.9 Å². The molecule has 4 bridgehead atoms. The summed E-state index contributed by atoms with van der Waals surface area (Å²) in [6.07, 6.45) is 6.94. The summed E-state index contributed by atoms with van der Waals surface area (Å²) in [4.78, 5) is 12.3. The van der Waals surface area contributed by atoms with Gasteiger partial charge in [0.2, 0.25) is 0 Å². The zero-order valence-corrected chi connectivity index (χ0v) is 18.4. The lowest BCUT2D eigenvalue weighted by atomic mass is 9.65. The maximum atomic E-state index is 14.7. The van der Waals surface area contributed by atoms with Crippen molar-refractivity contribution in [3.05, 3.63) is 29.6 Å². The van der Waals surface area contributed by atoms with Crippen molar-refractivity contribution in [1.29, 1.82) is 0 Å². The monoisotopic (exact) mass is 452 g/mol. The van der Waals surface area contributed by atoms with Crippen LogP contribution < -0.4 is 4.74 Å². The van der Waals surface area contributed by atoms with Gasteiger partial charge in [0.15, 0.2) is 11.6 Å². The Kier molecular flexibility index (Phi) is 5.09. The van der Waals surface area contributed by atoms with Gasteiger partial charge in [-0.1, -0.05) is 6.92 Å². The second-order valence-corrected chi connectivity index (χ2v) is 11.5. The molecule has 7 atom stereocenters. The van der Waals surface area contributed by atoms with E-state index in [4.69, 9.17) is 14.0 Å². The summed E-state index contributed by atoms with van der Waals surface area (Å²) in [5.74, 6) is 2.33. The number of rotatable bonds is 7. The number of esters is 1. The normalized spacial score (nSPS) is 37.8. The van der Waals surface area contributed by atoms with Gasteiger partial charge in [-0.05, 0) is 86.3 Å². The number of carbonyl (C=O) groups is 1. The molecule has 4 fully saturated rings. The van der Waals surface area contributed by atoms with Crippen LogP contribution in [-0.4, -0.2) is 36.9 Å². The molecule has 4 aliphatic carbocycles. The first-order valence-electron chi connectivity index (χ1n) is 11.3. The Balaban J connectivity index is 1.34. The summed E-state index contributed by atoms with van der Waals surface area (Å²) in [5, 5.41) is 0. The maximum Gasteiger partial charge on any atom is 0.338 e. The maximum absolute atomic E-state index is 14.7. The van der Waals surface area contributed by atoms with Gasteiger partial charge in [0.1, 0.15) is 18.0 Å². The molecule has 5 rings (SSSR count). The van der Waals surface area contributed by atoms with Crippen molar-refractivity contribution >= 4 is 16.1 Å². The van der Waals surface area contributed by atoms with Crippen molar-refractivity contribution < 1.29 is 31.6 Å². The molecule has 4 aliphatic rings. The average Bonchev–Trinajstić information content (AvgIpc) is 3.47. The molecule has 8 heteroatoms. The van der Waals surface area contributed by atoms with Crippen molar-refractivity contribution in [2.24, 2.45) is 35.5 Å². The van der Waals surface area contributed by atoms with Crippen LogP contribution in [0.2, 0.25) is 0 Å². The first-order chi connectivity index (χ1) is 14.7. The fourth-order valence-electron chi connectivity index (χ4n) is 7.54. The molecule has 7 unspecified atom stereocenters. The Labute approximate surface area is 182 Å². The van der Waals surface area contributed by atoms with Gasteiger partial charge < -0.3 is 9.47 Å². The number of fused-ring (bicyclic) bond motifs is 9. The molecule has 0 aliphatic heterocycles. The predicted molar refractivity (Wildman–Crippen MR) is 111 cm³/mol. The van der Waals surface area contributed by atoms with Gasteiger partial charge >= 0.3 is 5.97 Å². The number of halogens is 1. The molecule has 6 nitrogen and oxygen atoms in total. The van der Waals surface area contributed by atoms with Crippen molar-refractivity contribution in [2.75, 3.05) is 12.4 Å². The number of benzene rings is 1. The lowest BCUT2D eigenvalue weighted by molar-refractivity contribution is -0.0485. The smallest absolute Gasteiger partial charge is 0.338 e. The first kappa shape index (κ1) is 21.2. The Bertz CT molecular complexity index is 994. The Hall–Kier alpha value is -1.67. The molecule has 0 radical (unpaired) electrons. The van der Waals surface area contributed by atoms with Crippen LogP contribution in [-0.2, 0) is 14.9 Å². The minimum Gasteiger partial charge on any atom is -0.484 e. The van der Waals surface area contributed by atoms with E-state index >= 15 is 0 Å². The molecule has 31 heavy (non-hydrogen) atoms. The van der Waals surface area contributed by atoms with Crippen LogP contribution in [0.4, 0.5) is 4.39 Å². The van der Waals surface area contributed by atoms with E-state index in [1.165, 1.54) is 37.5 Å². The molecule has 4 saturated carbocycles. The van der Waals surface area contributed by atoms with E-state index in [1.54, 1.807) is 0 Å². The molecule has 0 spiro atoms. The minimum absolute atomic E-state index is 0.0540. The van der Waals surface area contributed by atoms with Crippen LogP contribution >= 0.6 is 0 Å². The number of hydrogen-bond donors (Lipinski definition) is 1. The van der Waals surface area contributed by atoms with Gasteiger partial charge in [0.05, 0.1) is 5.56 Å². The summed E-state index contributed by atoms with van der Waals surface area (Å²) in [6.45, 7) is 1.63. The van der Waals surface area contributed by atoms with Crippen LogP contribution in [0, 0.1) is 41.3 Å². The van der Waals surface area contributed by atoms with Crippen LogP contribution in [0.25, 0.3) is 0 Å². The molecule has 1 N–H and O–H groups in total. The number of ether oxygens (including phenoxy) is 2. The van der Waals surface area contributed by atoms with Crippen molar-refractivity contribution in [2.45, 2.75) is 51.0 Å². The van der Waals surface area contributed by atoms with Gasteiger partial charge in [0.25, 0.3) is 10.1 Å². The van der Waals surface area contributed by atoms with Crippen LogP contribution in [0.1, 0.15) is 55.8 Å². The largest absolute Gasteiger partial charge is 0.484 e. The molecular weight excluding hydrogens is 423 g/mol. The van der Waals surface area contributed by atoms with Crippen molar-refractivity contribution in [3.63, 3.8) is 0 Å². The van der Waals surface area contributed by atoms with E-state index < -0.39 is 39.9 Å². The zero-order valence-electron chi connectivity index (χ0n) is 17.6. The summed E-state index contributed by atoms with van der Waals surface area (Å²) >= 11 is 0. The Morgan fingerprint density at radius 1 is 1.19 bits per heavy atom. The van der Waals surface area contributed by atoms with Gasteiger partial charge in [-0.2, -0.15) is 8.42 Å². The third-order valence-electron chi connectivity index (χ3n) is 8.55. The highest BCUT2D eigenvalue weighted by atomic mass is 32.2. The van der Waals surface area contributed by atoms with Crippen molar-refractivity contribution in [1.82, 2.24) is 0 Å². The highest BCUT2D eigenvalue weighted by Crippen LogP contribution is 2.70. The van der Waals surface area contributed by atoms with E-state index in [-0.39, 0.29) is 11.3 Å². The van der Waals surface area contributed by atoms with E-state index in [9.17, 15) is 17.6 Å². The summed E-state index contributed by atoms with van der Waals surface area (Å²) in [6, 6.07) is 3.84. The van der Waals surface area contributed by atoms with Gasteiger partial charge in [0, 0.05) is 5.92 Å². The first-order valence-corrected chi connectivity index (χ1v) is 12.9. The van der Waals surface area contributed by atoms with Gasteiger partial charge in [-0.15, -0.1) is 0 Å². The summed E-state index contributed by atoms with van der Waals surface area (Å²) < 4.78 is 56.3. The third kappa shape index (κ3) is 3.55. The number of hydrogen-bond acceptors (Lipinski definition) is 5. The number of carbonyl (C=O) groups excluding carboxylic acids is 1. The van der Waals surface area contributed by atoms with Crippen LogP contribution in [0.3, 0.4) is 0 Å².